The minimum atomic E-state index is -4.12. The van der Waals surface area contributed by atoms with Gasteiger partial charge < -0.3 is 10.1 Å². The standard InChI is InChI=1S/C16H23F3N2O.ClH/c1-12-3-4-13(11-15(12)22-2)14(5-6-16(17,18)19)21-9-7-20-8-10-21;/h3-4,11,14,20H,5-10H2,1-2H3;1H/t14-;/m1./s1. The quantitative estimate of drug-likeness (QED) is 0.874. The van der Waals surface area contributed by atoms with E-state index in [1.165, 1.54) is 0 Å². The third-order valence-corrected chi connectivity index (χ3v) is 4.11. The van der Waals surface area contributed by atoms with Crippen molar-refractivity contribution in [2.24, 2.45) is 0 Å². The highest BCUT2D eigenvalue weighted by Crippen LogP contribution is 2.33. The molecule has 3 nitrogen and oxygen atoms in total. The first-order valence-electron chi connectivity index (χ1n) is 7.57. The van der Waals surface area contributed by atoms with Gasteiger partial charge in [-0.1, -0.05) is 12.1 Å². The molecule has 1 aromatic rings. The fourth-order valence-corrected chi connectivity index (χ4v) is 2.90. The molecule has 1 atom stereocenters. The van der Waals surface area contributed by atoms with Gasteiger partial charge in [0.2, 0.25) is 0 Å². The molecule has 1 aliphatic heterocycles. The first-order chi connectivity index (χ1) is 10.4. The number of halogens is 4. The number of benzene rings is 1. The molecule has 2 rings (SSSR count). The van der Waals surface area contributed by atoms with Crippen LogP contribution >= 0.6 is 12.4 Å². The van der Waals surface area contributed by atoms with Gasteiger partial charge in [-0.25, -0.2) is 0 Å². The summed E-state index contributed by atoms with van der Waals surface area (Å²) in [6, 6.07) is 5.48. The summed E-state index contributed by atoms with van der Waals surface area (Å²) in [5, 5.41) is 3.24. The zero-order valence-electron chi connectivity index (χ0n) is 13.4. The summed E-state index contributed by atoms with van der Waals surface area (Å²) in [6.45, 7) is 5.08. The number of alkyl halides is 3. The van der Waals surface area contributed by atoms with Crippen molar-refractivity contribution in [2.75, 3.05) is 33.3 Å². The molecular weight excluding hydrogens is 329 g/mol. The Bertz CT molecular complexity index is 491. The van der Waals surface area contributed by atoms with Gasteiger partial charge in [-0.3, -0.25) is 4.90 Å². The molecule has 0 radical (unpaired) electrons. The molecule has 0 bridgehead atoms. The number of aryl methyl sites for hydroxylation is 1. The third kappa shape index (κ3) is 5.86. The van der Waals surface area contributed by atoms with Crippen molar-refractivity contribution < 1.29 is 17.9 Å². The molecule has 23 heavy (non-hydrogen) atoms. The van der Waals surface area contributed by atoms with E-state index >= 15 is 0 Å². The number of methoxy groups -OCH3 is 1. The first-order valence-corrected chi connectivity index (χ1v) is 7.57. The third-order valence-electron chi connectivity index (χ3n) is 4.11. The van der Waals surface area contributed by atoms with Crippen molar-refractivity contribution in [3.8, 4) is 5.75 Å². The number of nitrogens with one attached hydrogen (secondary N) is 1. The predicted molar refractivity (Wildman–Crippen MR) is 87.5 cm³/mol. The number of hydrogen-bond acceptors (Lipinski definition) is 3. The zero-order chi connectivity index (χ0) is 16.2. The number of ether oxygens (including phenoxy) is 1. The van der Waals surface area contributed by atoms with Crippen LogP contribution in [0.25, 0.3) is 0 Å². The molecule has 1 saturated heterocycles. The molecule has 0 amide bonds. The predicted octanol–water partition coefficient (Wildman–Crippen LogP) is 3.71. The molecule has 1 aliphatic rings. The summed E-state index contributed by atoms with van der Waals surface area (Å²) in [6.07, 6.45) is -4.81. The largest absolute Gasteiger partial charge is 0.496 e. The van der Waals surface area contributed by atoms with Gasteiger partial charge in [0.25, 0.3) is 0 Å². The van der Waals surface area contributed by atoms with Crippen LogP contribution in [0.4, 0.5) is 13.2 Å². The van der Waals surface area contributed by atoms with Crippen LogP contribution in [0, 0.1) is 6.92 Å². The zero-order valence-corrected chi connectivity index (χ0v) is 14.3. The van der Waals surface area contributed by atoms with Gasteiger partial charge >= 0.3 is 6.18 Å². The van der Waals surface area contributed by atoms with Crippen molar-refractivity contribution in [1.29, 1.82) is 0 Å². The maximum absolute atomic E-state index is 12.7. The van der Waals surface area contributed by atoms with Gasteiger partial charge in [0, 0.05) is 38.6 Å². The molecule has 1 fully saturated rings. The van der Waals surface area contributed by atoms with Crippen LogP contribution in [0.15, 0.2) is 18.2 Å². The van der Waals surface area contributed by atoms with Crippen molar-refractivity contribution in [1.82, 2.24) is 10.2 Å². The summed E-state index contributed by atoms with van der Waals surface area (Å²) in [4.78, 5) is 2.13. The Kier molecular flexibility index (Phi) is 7.64. The Labute approximate surface area is 141 Å². The molecule has 0 aliphatic carbocycles. The van der Waals surface area contributed by atoms with Crippen LogP contribution in [0.3, 0.4) is 0 Å². The van der Waals surface area contributed by atoms with E-state index in [2.05, 4.69) is 10.2 Å². The fraction of sp³-hybridized carbons (Fsp3) is 0.625. The van der Waals surface area contributed by atoms with Gasteiger partial charge in [0.05, 0.1) is 7.11 Å². The molecule has 7 heteroatoms. The van der Waals surface area contributed by atoms with E-state index in [1.807, 2.05) is 25.1 Å². The highest BCUT2D eigenvalue weighted by atomic mass is 35.5. The lowest BCUT2D eigenvalue weighted by molar-refractivity contribution is -0.138. The average Bonchev–Trinajstić information content (AvgIpc) is 2.49. The Morgan fingerprint density at radius 2 is 1.91 bits per heavy atom. The smallest absolute Gasteiger partial charge is 0.389 e. The summed E-state index contributed by atoms with van der Waals surface area (Å²) in [5.41, 5.74) is 1.88. The maximum atomic E-state index is 12.7. The highest BCUT2D eigenvalue weighted by Gasteiger charge is 2.31. The molecular formula is C16H24ClF3N2O. The maximum Gasteiger partial charge on any atom is 0.389 e. The minimum absolute atomic E-state index is 0. The van der Waals surface area contributed by atoms with Crippen molar-refractivity contribution >= 4 is 12.4 Å². The minimum Gasteiger partial charge on any atom is -0.496 e. The number of rotatable bonds is 5. The Morgan fingerprint density at radius 1 is 1.26 bits per heavy atom. The number of hydrogen-bond donors (Lipinski definition) is 1. The molecule has 1 N–H and O–H groups in total. The normalized spacial score (nSPS) is 17.4. The van der Waals surface area contributed by atoms with Crippen molar-refractivity contribution in [3.05, 3.63) is 29.3 Å². The van der Waals surface area contributed by atoms with Crippen LogP contribution in [0.5, 0.6) is 5.75 Å². The second-order valence-electron chi connectivity index (χ2n) is 5.68. The lowest BCUT2D eigenvalue weighted by Gasteiger charge is -2.35. The summed E-state index contributed by atoms with van der Waals surface area (Å²) < 4.78 is 43.3. The van der Waals surface area contributed by atoms with E-state index in [1.54, 1.807) is 7.11 Å². The number of piperazine rings is 1. The fourth-order valence-electron chi connectivity index (χ4n) is 2.90. The molecule has 0 spiro atoms. The average molecular weight is 353 g/mol. The van der Waals surface area contributed by atoms with E-state index < -0.39 is 12.6 Å². The Balaban J connectivity index is 0.00000264. The van der Waals surface area contributed by atoms with E-state index in [4.69, 9.17) is 4.74 Å². The van der Waals surface area contributed by atoms with E-state index in [0.29, 0.717) is 0 Å². The Hall–Kier alpha value is -0.980. The summed E-state index contributed by atoms with van der Waals surface area (Å²) >= 11 is 0. The topological polar surface area (TPSA) is 24.5 Å². The van der Waals surface area contributed by atoms with Gasteiger partial charge in [-0.2, -0.15) is 13.2 Å². The van der Waals surface area contributed by atoms with Crippen molar-refractivity contribution in [2.45, 2.75) is 32.0 Å². The lowest BCUT2D eigenvalue weighted by atomic mass is 9.97. The van der Waals surface area contributed by atoms with Crippen LogP contribution in [0.1, 0.15) is 30.0 Å². The molecule has 0 aromatic heterocycles. The van der Waals surface area contributed by atoms with Crippen LogP contribution in [-0.4, -0.2) is 44.4 Å². The first kappa shape index (κ1) is 20.1. The monoisotopic (exact) mass is 352 g/mol. The molecule has 132 valence electrons. The molecule has 0 saturated carbocycles. The van der Waals surface area contributed by atoms with Crippen LogP contribution in [0.2, 0.25) is 0 Å². The van der Waals surface area contributed by atoms with E-state index in [-0.39, 0.29) is 24.9 Å². The Morgan fingerprint density at radius 3 is 2.48 bits per heavy atom. The lowest BCUT2D eigenvalue weighted by Crippen LogP contribution is -2.45. The number of nitrogens with zero attached hydrogens (tertiary/aromatic N) is 1. The molecule has 0 unspecified atom stereocenters. The van der Waals surface area contributed by atoms with E-state index in [9.17, 15) is 13.2 Å². The van der Waals surface area contributed by atoms with Crippen LogP contribution in [-0.2, 0) is 0 Å². The second kappa shape index (κ2) is 8.76. The van der Waals surface area contributed by atoms with Crippen molar-refractivity contribution in [3.63, 3.8) is 0 Å². The SMILES string of the molecule is COc1cc([C@@H](CCC(F)(F)F)N2CCNCC2)ccc1C.Cl. The molecule has 1 heterocycles. The van der Waals surface area contributed by atoms with Crippen LogP contribution < -0.4 is 10.1 Å². The van der Waals surface area contributed by atoms with Gasteiger partial charge in [0.1, 0.15) is 5.75 Å². The summed E-state index contributed by atoms with van der Waals surface area (Å²) in [7, 11) is 1.58. The summed E-state index contributed by atoms with van der Waals surface area (Å²) in [5.74, 6) is 0.727. The molecule has 1 aromatic carbocycles. The highest BCUT2D eigenvalue weighted by molar-refractivity contribution is 5.85. The van der Waals surface area contributed by atoms with Gasteiger partial charge in [0.15, 0.2) is 0 Å². The van der Waals surface area contributed by atoms with Gasteiger partial charge in [-0.05, 0) is 30.5 Å². The second-order valence-corrected chi connectivity index (χ2v) is 5.68. The van der Waals surface area contributed by atoms with Gasteiger partial charge in [-0.15, -0.1) is 12.4 Å². The van der Waals surface area contributed by atoms with E-state index in [0.717, 1.165) is 43.1 Å².